The second-order valence-electron chi connectivity index (χ2n) is 4.76. The molecule has 1 fully saturated rings. The van der Waals surface area contributed by atoms with E-state index in [1.807, 2.05) is 0 Å². The number of ether oxygens (including phenoxy) is 2. The summed E-state index contributed by atoms with van der Waals surface area (Å²) >= 11 is 0. The number of benzene rings is 1. The first kappa shape index (κ1) is 15.0. The average molecular weight is 286 g/mol. The number of hydrogen-bond acceptors (Lipinski definition) is 7. The van der Waals surface area contributed by atoms with E-state index in [9.17, 15) is 20.4 Å². The van der Waals surface area contributed by atoms with Crippen LogP contribution in [0.1, 0.15) is 5.56 Å². The second-order valence-corrected chi connectivity index (χ2v) is 4.76. The van der Waals surface area contributed by atoms with Crippen LogP contribution in [0.15, 0.2) is 18.2 Å². The largest absolute Gasteiger partial charge is 0.508 e. The van der Waals surface area contributed by atoms with Gasteiger partial charge in [0.25, 0.3) is 0 Å². The summed E-state index contributed by atoms with van der Waals surface area (Å²) in [7, 11) is 0. The molecule has 1 aromatic carbocycles. The Morgan fingerprint density at radius 3 is 2.45 bits per heavy atom. The third-order valence-electron chi connectivity index (χ3n) is 3.25. The molecule has 1 aliphatic rings. The molecule has 112 valence electrons. The molecule has 5 atom stereocenters. The number of rotatable bonds is 3. The predicted octanol–water partition coefficient (Wildman–Crippen LogP) is -1.12. The van der Waals surface area contributed by atoms with E-state index >= 15 is 0 Å². The van der Waals surface area contributed by atoms with Gasteiger partial charge in [-0.15, -0.1) is 0 Å². The van der Waals surface area contributed by atoms with Crippen molar-refractivity contribution in [3.8, 4) is 11.5 Å². The molecule has 20 heavy (non-hydrogen) atoms. The van der Waals surface area contributed by atoms with Crippen molar-refractivity contribution in [1.82, 2.24) is 0 Å². The molecule has 0 bridgehead atoms. The van der Waals surface area contributed by atoms with Crippen molar-refractivity contribution in [3.05, 3.63) is 23.8 Å². The highest BCUT2D eigenvalue weighted by atomic mass is 16.7. The highest BCUT2D eigenvalue weighted by Crippen LogP contribution is 2.28. The summed E-state index contributed by atoms with van der Waals surface area (Å²) in [4.78, 5) is 0. The number of aryl methyl sites for hydroxylation is 1. The fraction of sp³-hybridized carbons (Fsp3) is 0.538. The molecule has 2 rings (SSSR count). The van der Waals surface area contributed by atoms with Crippen LogP contribution in [-0.4, -0.2) is 62.8 Å². The number of aromatic hydroxyl groups is 1. The van der Waals surface area contributed by atoms with E-state index in [2.05, 4.69) is 0 Å². The van der Waals surface area contributed by atoms with Gasteiger partial charge in [-0.3, -0.25) is 0 Å². The Hall–Kier alpha value is -1.38. The molecular weight excluding hydrogens is 268 g/mol. The van der Waals surface area contributed by atoms with Gasteiger partial charge in [0.15, 0.2) is 0 Å². The van der Waals surface area contributed by atoms with Gasteiger partial charge >= 0.3 is 0 Å². The van der Waals surface area contributed by atoms with E-state index in [-0.39, 0.29) is 5.75 Å². The molecule has 1 heterocycles. The van der Waals surface area contributed by atoms with Gasteiger partial charge < -0.3 is 35.0 Å². The minimum atomic E-state index is -1.48. The monoisotopic (exact) mass is 286 g/mol. The minimum Gasteiger partial charge on any atom is -0.508 e. The Balaban J connectivity index is 2.15. The standard InChI is InChI=1S/C13H18O7/c1-6-4-7(15)2-3-8(6)19-13-12(18)11(17)10(16)9(5-14)20-13/h2-4,9-18H,5H2,1H3/t9-,10-,11+,12-,13-/m1/s1. The minimum absolute atomic E-state index is 0.0728. The van der Waals surface area contributed by atoms with E-state index in [0.29, 0.717) is 11.3 Å². The SMILES string of the molecule is Cc1cc(O)ccc1O[C@@H]1O[C@H](CO)[C@@H](O)[C@H](O)[C@H]1O. The second kappa shape index (κ2) is 5.94. The number of hydrogen-bond donors (Lipinski definition) is 5. The zero-order chi connectivity index (χ0) is 14.9. The quantitative estimate of drug-likeness (QED) is 0.477. The predicted molar refractivity (Wildman–Crippen MR) is 67.2 cm³/mol. The van der Waals surface area contributed by atoms with Gasteiger partial charge in [0.05, 0.1) is 6.61 Å². The molecule has 1 saturated heterocycles. The van der Waals surface area contributed by atoms with E-state index in [4.69, 9.17) is 14.6 Å². The third-order valence-corrected chi connectivity index (χ3v) is 3.25. The van der Waals surface area contributed by atoms with Gasteiger partial charge in [-0.05, 0) is 30.7 Å². The summed E-state index contributed by atoms with van der Waals surface area (Å²) in [5.41, 5.74) is 0.613. The highest BCUT2D eigenvalue weighted by molar-refractivity contribution is 5.38. The van der Waals surface area contributed by atoms with Gasteiger partial charge in [-0.1, -0.05) is 0 Å². The summed E-state index contributed by atoms with van der Waals surface area (Å²) in [5, 5.41) is 47.5. The van der Waals surface area contributed by atoms with Crippen molar-refractivity contribution in [2.75, 3.05) is 6.61 Å². The first-order valence-electron chi connectivity index (χ1n) is 6.21. The first-order chi connectivity index (χ1) is 9.43. The maximum absolute atomic E-state index is 9.84. The summed E-state index contributed by atoms with van der Waals surface area (Å²) in [6.07, 6.45) is -6.61. The van der Waals surface area contributed by atoms with Crippen LogP contribution in [0.5, 0.6) is 11.5 Å². The molecule has 0 unspecified atom stereocenters. The maximum Gasteiger partial charge on any atom is 0.229 e. The molecule has 0 amide bonds. The smallest absolute Gasteiger partial charge is 0.229 e. The van der Waals surface area contributed by atoms with Crippen LogP contribution in [-0.2, 0) is 4.74 Å². The summed E-state index contributed by atoms with van der Waals surface area (Å²) in [6, 6.07) is 4.37. The van der Waals surface area contributed by atoms with Crippen LogP contribution in [0.4, 0.5) is 0 Å². The Bertz CT molecular complexity index is 462. The van der Waals surface area contributed by atoms with Crippen LogP contribution >= 0.6 is 0 Å². The molecular formula is C13H18O7. The van der Waals surface area contributed by atoms with Crippen LogP contribution in [0.3, 0.4) is 0 Å². The molecule has 0 saturated carbocycles. The molecule has 7 heteroatoms. The molecule has 0 radical (unpaired) electrons. The van der Waals surface area contributed by atoms with Crippen LogP contribution in [0.25, 0.3) is 0 Å². The van der Waals surface area contributed by atoms with Gasteiger partial charge in [0.1, 0.15) is 35.9 Å². The van der Waals surface area contributed by atoms with E-state index in [1.165, 1.54) is 18.2 Å². The maximum atomic E-state index is 9.84. The first-order valence-corrected chi connectivity index (χ1v) is 6.21. The summed E-state index contributed by atoms with van der Waals surface area (Å²) < 4.78 is 10.7. The lowest BCUT2D eigenvalue weighted by molar-refractivity contribution is -0.277. The van der Waals surface area contributed by atoms with Crippen LogP contribution in [0, 0.1) is 6.92 Å². The van der Waals surface area contributed by atoms with Crippen molar-refractivity contribution < 1.29 is 35.0 Å². The lowest BCUT2D eigenvalue weighted by Crippen LogP contribution is -2.60. The Kier molecular flexibility index (Phi) is 4.46. The zero-order valence-electron chi connectivity index (χ0n) is 10.9. The summed E-state index contributed by atoms with van der Waals surface area (Å²) in [6.45, 7) is 1.18. The molecule has 0 spiro atoms. The van der Waals surface area contributed by atoms with Gasteiger partial charge in [-0.2, -0.15) is 0 Å². The van der Waals surface area contributed by atoms with E-state index in [1.54, 1.807) is 6.92 Å². The normalized spacial score (nSPS) is 34.0. The molecule has 5 N–H and O–H groups in total. The Morgan fingerprint density at radius 2 is 1.85 bits per heavy atom. The van der Waals surface area contributed by atoms with Crippen LogP contribution in [0.2, 0.25) is 0 Å². The topological polar surface area (TPSA) is 120 Å². The molecule has 7 nitrogen and oxygen atoms in total. The van der Waals surface area contributed by atoms with Crippen molar-refractivity contribution in [2.45, 2.75) is 37.6 Å². The lowest BCUT2D eigenvalue weighted by Gasteiger charge is -2.39. The van der Waals surface area contributed by atoms with E-state index in [0.717, 1.165) is 0 Å². The molecule has 1 aliphatic heterocycles. The number of aliphatic hydroxyl groups is 4. The number of phenolic OH excluding ortho intramolecular Hbond substituents is 1. The van der Waals surface area contributed by atoms with Crippen molar-refractivity contribution in [1.29, 1.82) is 0 Å². The average Bonchev–Trinajstić information content (AvgIpc) is 2.42. The van der Waals surface area contributed by atoms with E-state index < -0.39 is 37.3 Å². The number of phenols is 1. The zero-order valence-corrected chi connectivity index (χ0v) is 10.9. The Labute approximate surface area is 115 Å². The van der Waals surface area contributed by atoms with Crippen molar-refractivity contribution in [3.63, 3.8) is 0 Å². The number of aliphatic hydroxyl groups excluding tert-OH is 4. The molecule has 0 aliphatic carbocycles. The van der Waals surface area contributed by atoms with Crippen molar-refractivity contribution >= 4 is 0 Å². The Morgan fingerprint density at radius 1 is 1.15 bits per heavy atom. The fourth-order valence-electron chi connectivity index (χ4n) is 2.06. The van der Waals surface area contributed by atoms with Gasteiger partial charge in [0.2, 0.25) is 6.29 Å². The van der Waals surface area contributed by atoms with Crippen molar-refractivity contribution in [2.24, 2.45) is 0 Å². The van der Waals surface area contributed by atoms with Crippen LogP contribution < -0.4 is 4.74 Å². The third kappa shape index (κ3) is 2.87. The fourth-order valence-corrected chi connectivity index (χ4v) is 2.06. The summed E-state index contributed by atoms with van der Waals surface area (Å²) in [5.74, 6) is 0.427. The van der Waals surface area contributed by atoms with Gasteiger partial charge in [0, 0.05) is 0 Å². The lowest BCUT2D eigenvalue weighted by atomic mass is 9.99. The molecule has 0 aromatic heterocycles. The van der Waals surface area contributed by atoms with Gasteiger partial charge in [-0.25, -0.2) is 0 Å². The molecule has 1 aromatic rings. The highest BCUT2D eigenvalue weighted by Gasteiger charge is 2.44.